The lowest BCUT2D eigenvalue weighted by Crippen LogP contribution is -2.00. The van der Waals surface area contributed by atoms with E-state index in [2.05, 4.69) is 9.03 Å². The first-order chi connectivity index (χ1) is 6.01. The summed E-state index contributed by atoms with van der Waals surface area (Å²) in [7, 11) is -4.97. The molecule has 0 amide bonds. The summed E-state index contributed by atoms with van der Waals surface area (Å²) in [6, 6.07) is 5.05. The molecule has 4 nitrogen and oxygen atoms in total. The van der Waals surface area contributed by atoms with Crippen molar-refractivity contribution in [1.82, 2.24) is 0 Å². The SMILES string of the molecule is [C-]#[N+]c1ccc(OS(=O)(=O)F)cc1. The van der Waals surface area contributed by atoms with E-state index < -0.39 is 10.5 Å². The molecule has 0 radical (unpaired) electrons. The highest BCUT2D eigenvalue weighted by atomic mass is 32.3. The van der Waals surface area contributed by atoms with Crippen LogP contribution in [0.15, 0.2) is 24.3 Å². The lowest BCUT2D eigenvalue weighted by molar-refractivity contribution is 0.440. The van der Waals surface area contributed by atoms with Crippen molar-refractivity contribution in [3.8, 4) is 5.75 Å². The Balaban J connectivity index is 2.89. The molecule has 0 bridgehead atoms. The zero-order chi connectivity index (χ0) is 9.90. The van der Waals surface area contributed by atoms with Crippen LogP contribution in [-0.4, -0.2) is 8.42 Å². The quantitative estimate of drug-likeness (QED) is 0.541. The van der Waals surface area contributed by atoms with Gasteiger partial charge in [0, 0.05) is 0 Å². The first-order valence-electron chi connectivity index (χ1n) is 3.13. The average Bonchev–Trinajstić information content (AvgIpc) is 2.03. The third kappa shape index (κ3) is 3.09. The van der Waals surface area contributed by atoms with Crippen LogP contribution >= 0.6 is 0 Å². The molecule has 0 atom stereocenters. The van der Waals surface area contributed by atoms with Gasteiger partial charge in [-0.15, -0.1) is 0 Å². The zero-order valence-electron chi connectivity index (χ0n) is 6.27. The molecule has 0 fully saturated rings. The molecule has 0 heterocycles. The van der Waals surface area contributed by atoms with Gasteiger partial charge in [-0.1, -0.05) is 16.0 Å². The van der Waals surface area contributed by atoms with Crippen LogP contribution in [0.3, 0.4) is 0 Å². The minimum Gasteiger partial charge on any atom is -0.358 e. The molecule has 0 aliphatic rings. The van der Waals surface area contributed by atoms with Crippen molar-refractivity contribution in [2.75, 3.05) is 0 Å². The number of hydrogen-bond donors (Lipinski definition) is 0. The number of benzene rings is 1. The molecule has 0 aliphatic carbocycles. The number of rotatable bonds is 2. The van der Waals surface area contributed by atoms with Crippen LogP contribution in [0.25, 0.3) is 4.85 Å². The van der Waals surface area contributed by atoms with Crippen molar-refractivity contribution in [3.63, 3.8) is 0 Å². The van der Waals surface area contributed by atoms with Crippen molar-refractivity contribution in [3.05, 3.63) is 35.7 Å². The Bertz CT molecular complexity index is 432. The molecule has 1 aromatic rings. The topological polar surface area (TPSA) is 47.7 Å². The van der Waals surface area contributed by atoms with Crippen molar-refractivity contribution in [2.24, 2.45) is 0 Å². The van der Waals surface area contributed by atoms with E-state index in [0.717, 1.165) is 0 Å². The largest absolute Gasteiger partial charge is 0.488 e. The lowest BCUT2D eigenvalue weighted by Gasteiger charge is -1.98. The second-order valence-corrected chi connectivity index (χ2v) is 3.04. The van der Waals surface area contributed by atoms with Crippen LogP contribution in [0.5, 0.6) is 5.75 Å². The van der Waals surface area contributed by atoms with Crippen molar-refractivity contribution < 1.29 is 16.5 Å². The smallest absolute Gasteiger partial charge is 0.358 e. The highest BCUT2D eigenvalue weighted by Crippen LogP contribution is 2.19. The Morgan fingerprint density at radius 1 is 1.31 bits per heavy atom. The molecule has 0 unspecified atom stereocenters. The minimum atomic E-state index is -4.97. The summed E-state index contributed by atoms with van der Waals surface area (Å²) in [4.78, 5) is 3.06. The fourth-order valence-corrected chi connectivity index (χ4v) is 1.03. The molecule has 0 saturated heterocycles. The maximum Gasteiger partial charge on any atom is 0.488 e. The van der Waals surface area contributed by atoms with E-state index in [1.54, 1.807) is 0 Å². The molecular weight excluding hydrogens is 197 g/mol. The van der Waals surface area contributed by atoms with E-state index in [9.17, 15) is 12.3 Å². The molecule has 1 rings (SSSR count). The molecular formula is C7H4FNO3S. The molecule has 6 heteroatoms. The van der Waals surface area contributed by atoms with E-state index in [1.165, 1.54) is 24.3 Å². The fourth-order valence-electron chi connectivity index (χ4n) is 0.691. The second-order valence-electron chi connectivity index (χ2n) is 2.08. The molecule has 1 aromatic carbocycles. The van der Waals surface area contributed by atoms with Gasteiger partial charge < -0.3 is 4.18 Å². The summed E-state index contributed by atoms with van der Waals surface area (Å²) in [5.41, 5.74) is 0.323. The van der Waals surface area contributed by atoms with Crippen LogP contribution in [0, 0.1) is 6.57 Å². The van der Waals surface area contributed by atoms with E-state index >= 15 is 0 Å². The van der Waals surface area contributed by atoms with Gasteiger partial charge >= 0.3 is 10.5 Å². The summed E-state index contributed by atoms with van der Waals surface area (Å²) < 4.78 is 35.9. The Morgan fingerprint density at radius 2 is 1.85 bits per heavy atom. The van der Waals surface area contributed by atoms with E-state index in [-0.39, 0.29) is 5.75 Å². The average molecular weight is 201 g/mol. The third-order valence-corrected chi connectivity index (χ3v) is 1.55. The maximum absolute atomic E-state index is 11.9. The first-order valence-corrected chi connectivity index (χ1v) is 4.44. The van der Waals surface area contributed by atoms with Crippen molar-refractivity contribution in [1.29, 1.82) is 0 Å². The summed E-state index contributed by atoms with van der Waals surface area (Å²) in [5, 5.41) is 0. The predicted octanol–water partition coefficient (Wildman–Crippen LogP) is 1.83. The lowest BCUT2D eigenvalue weighted by atomic mass is 10.3. The number of nitrogens with zero attached hydrogens (tertiary/aromatic N) is 1. The van der Waals surface area contributed by atoms with Crippen LogP contribution in [-0.2, 0) is 10.5 Å². The van der Waals surface area contributed by atoms with Crippen LogP contribution < -0.4 is 4.18 Å². The standard InChI is InChI=1S/C7H4FNO3S/c1-9-6-2-4-7(5-3-6)12-13(8,10)11/h2-5H. The van der Waals surface area contributed by atoms with Crippen molar-refractivity contribution in [2.45, 2.75) is 0 Å². The van der Waals surface area contributed by atoms with E-state index in [1.807, 2.05) is 0 Å². The fraction of sp³-hybridized carbons (Fsp3) is 0. The Morgan fingerprint density at radius 3 is 2.23 bits per heavy atom. The highest BCUT2D eigenvalue weighted by molar-refractivity contribution is 7.81. The summed E-state index contributed by atoms with van der Waals surface area (Å²) in [5.74, 6) is -0.157. The monoisotopic (exact) mass is 201 g/mol. The van der Waals surface area contributed by atoms with Gasteiger partial charge in [0.1, 0.15) is 5.75 Å². The normalized spacial score (nSPS) is 10.5. The molecule has 13 heavy (non-hydrogen) atoms. The molecule has 0 aromatic heterocycles. The first kappa shape index (κ1) is 9.48. The summed E-state index contributed by atoms with van der Waals surface area (Å²) >= 11 is 0. The molecule has 0 aliphatic heterocycles. The van der Waals surface area contributed by atoms with Gasteiger partial charge in [-0.2, -0.15) is 8.42 Å². The zero-order valence-corrected chi connectivity index (χ0v) is 7.08. The predicted molar refractivity (Wildman–Crippen MR) is 43.4 cm³/mol. The van der Waals surface area contributed by atoms with Crippen LogP contribution in [0.4, 0.5) is 9.57 Å². The van der Waals surface area contributed by atoms with Crippen LogP contribution in [0.2, 0.25) is 0 Å². The van der Waals surface area contributed by atoms with Gasteiger partial charge in [-0.05, 0) is 12.1 Å². The molecule has 0 N–H and O–H groups in total. The number of hydrogen-bond acceptors (Lipinski definition) is 3. The molecule has 0 saturated carbocycles. The second kappa shape index (κ2) is 3.41. The van der Waals surface area contributed by atoms with Crippen LogP contribution in [0.1, 0.15) is 0 Å². The Hall–Kier alpha value is -1.61. The third-order valence-electron chi connectivity index (χ3n) is 1.16. The van der Waals surface area contributed by atoms with Crippen molar-refractivity contribution >= 4 is 16.2 Å². The van der Waals surface area contributed by atoms with Gasteiger partial charge in [0.2, 0.25) is 0 Å². The van der Waals surface area contributed by atoms with Gasteiger partial charge in [-0.3, -0.25) is 0 Å². The summed E-state index contributed by atoms with van der Waals surface area (Å²) in [6.07, 6.45) is 0. The van der Waals surface area contributed by atoms with Gasteiger partial charge in [0.15, 0.2) is 5.69 Å². The molecule has 68 valence electrons. The Labute approximate surface area is 74.8 Å². The minimum absolute atomic E-state index is 0.157. The summed E-state index contributed by atoms with van der Waals surface area (Å²) in [6.45, 7) is 6.59. The van der Waals surface area contributed by atoms with E-state index in [4.69, 9.17) is 6.57 Å². The van der Waals surface area contributed by atoms with E-state index in [0.29, 0.717) is 5.69 Å². The molecule has 0 spiro atoms. The van der Waals surface area contributed by atoms with Gasteiger partial charge in [0.25, 0.3) is 0 Å². The van der Waals surface area contributed by atoms with Gasteiger partial charge in [-0.25, -0.2) is 4.85 Å². The van der Waals surface area contributed by atoms with Gasteiger partial charge in [0.05, 0.1) is 6.57 Å². The number of halogens is 1. The highest BCUT2D eigenvalue weighted by Gasteiger charge is 2.08. The maximum atomic E-state index is 11.9. The Kier molecular flexibility index (Phi) is 2.49.